The predicted molar refractivity (Wildman–Crippen MR) is 108 cm³/mol. The van der Waals surface area contributed by atoms with Crippen LogP contribution in [0.1, 0.15) is 41.4 Å². The summed E-state index contributed by atoms with van der Waals surface area (Å²) in [5.41, 5.74) is 3.07. The van der Waals surface area contributed by atoms with Crippen LogP contribution in [0.5, 0.6) is 0 Å². The molecular weight excluding hydrogens is 368 g/mol. The number of nitrogens with zero attached hydrogens (tertiary/aromatic N) is 4. The van der Waals surface area contributed by atoms with Crippen LogP contribution in [0.3, 0.4) is 0 Å². The summed E-state index contributed by atoms with van der Waals surface area (Å²) in [5, 5.41) is 4.32. The van der Waals surface area contributed by atoms with Gasteiger partial charge in [-0.1, -0.05) is 38.1 Å². The Bertz CT molecular complexity index is 1040. The van der Waals surface area contributed by atoms with E-state index >= 15 is 0 Å². The molecule has 0 N–H and O–H groups in total. The summed E-state index contributed by atoms with van der Waals surface area (Å²) in [4.78, 5) is 31.3. The number of aromatic nitrogens is 3. The Balaban J connectivity index is 1.49. The van der Waals surface area contributed by atoms with Gasteiger partial charge in [0, 0.05) is 18.4 Å². The number of esters is 1. The van der Waals surface area contributed by atoms with E-state index < -0.39 is 5.97 Å². The van der Waals surface area contributed by atoms with Crippen molar-refractivity contribution in [2.24, 2.45) is 0 Å². The van der Waals surface area contributed by atoms with Crippen LogP contribution in [-0.4, -0.2) is 39.8 Å². The molecule has 1 amide bonds. The second-order valence-electron chi connectivity index (χ2n) is 7.20. The third-order valence-electron chi connectivity index (χ3n) is 4.95. The molecule has 1 aromatic carbocycles. The molecule has 29 heavy (non-hydrogen) atoms. The highest BCUT2D eigenvalue weighted by Gasteiger charge is 2.27. The van der Waals surface area contributed by atoms with Gasteiger partial charge >= 0.3 is 5.97 Å². The van der Waals surface area contributed by atoms with Gasteiger partial charge in [-0.25, -0.2) is 14.5 Å². The van der Waals surface area contributed by atoms with Gasteiger partial charge in [0.1, 0.15) is 5.56 Å². The third kappa shape index (κ3) is 3.63. The largest absolute Gasteiger partial charge is 0.452 e. The molecule has 148 valence electrons. The molecule has 3 heterocycles. The summed E-state index contributed by atoms with van der Waals surface area (Å²) in [6, 6.07) is 13.3. The number of hydrogen-bond donors (Lipinski definition) is 0. The first-order valence-corrected chi connectivity index (χ1v) is 9.61. The molecule has 0 spiro atoms. The van der Waals surface area contributed by atoms with Crippen LogP contribution in [-0.2, 0) is 16.0 Å². The van der Waals surface area contributed by atoms with Crippen molar-refractivity contribution in [2.75, 3.05) is 18.1 Å². The minimum absolute atomic E-state index is 0.0169. The summed E-state index contributed by atoms with van der Waals surface area (Å²) in [6.45, 7) is 4.24. The molecule has 7 nitrogen and oxygen atoms in total. The summed E-state index contributed by atoms with van der Waals surface area (Å²) in [5.74, 6) is -0.147. The van der Waals surface area contributed by atoms with Gasteiger partial charge in [0.15, 0.2) is 12.4 Å². The minimum atomic E-state index is -0.559. The molecular formula is C22H22N4O3. The first-order chi connectivity index (χ1) is 14.1. The quantitative estimate of drug-likeness (QED) is 0.626. The average molecular weight is 390 g/mol. The number of anilines is 1. The zero-order valence-corrected chi connectivity index (χ0v) is 16.4. The second kappa shape index (κ2) is 7.87. The van der Waals surface area contributed by atoms with Crippen molar-refractivity contribution in [1.29, 1.82) is 0 Å². The highest BCUT2D eigenvalue weighted by molar-refractivity contribution is 5.98. The Labute approximate surface area is 168 Å². The number of amides is 1. The number of carbonyl (C=O) groups is 2. The van der Waals surface area contributed by atoms with Gasteiger partial charge in [-0.3, -0.25) is 4.79 Å². The molecule has 1 aliphatic heterocycles. The Hall–Kier alpha value is -3.48. The summed E-state index contributed by atoms with van der Waals surface area (Å²) >= 11 is 0. The second-order valence-corrected chi connectivity index (χ2v) is 7.20. The first kappa shape index (κ1) is 18.9. The molecule has 2 aromatic heterocycles. The fourth-order valence-electron chi connectivity index (χ4n) is 3.61. The smallest absolute Gasteiger partial charge is 0.342 e. The number of ether oxygens (including phenoxy) is 1. The zero-order chi connectivity index (χ0) is 20.4. The van der Waals surface area contributed by atoms with Gasteiger partial charge in [0.2, 0.25) is 0 Å². The van der Waals surface area contributed by atoms with E-state index in [4.69, 9.17) is 4.74 Å². The van der Waals surface area contributed by atoms with Crippen molar-refractivity contribution in [2.45, 2.75) is 26.2 Å². The summed E-state index contributed by atoms with van der Waals surface area (Å²) in [6.07, 6.45) is 3.96. The lowest BCUT2D eigenvalue weighted by atomic mass is 10.1. The van der Waals surface area contributed by atoms with Crippen molar-refractivity contribution in [3.8, 4) is 5.82 Å². The monoisotopic (exact) mass is 390 g/mol. The van der Waals surface area contributed by atoms with Gasteiger partial charge in [-0.2, -0.15) is 5.10 Å². The number of carbonyl (C=O) groups excluding carboxylic acids is 2. The topological polar surface area (TPSA) is 77.3 Å². The Morgan fingerprint density at radius 3 is 2.69 bits per heavy atom. The molecule has 0 unspecified atom stereocenters. The predicted octanol–water partition coefficient (Wildman–Crippen LogP) is 3.14. The summed E-state index contributed by atoms with van der Waals surface area (Å²) in [7, 11) is 0. The van der Waals surface area contributed by atoms with Crippen molar-refractivity contribution < 1.29 is 14.3 Å². The fourth-order valence-corrected chi connectivity index (χ4v) is 3.61. The maximum absolute atomic E-state index is 12.7. The zero-order valence-electron chi connectivity index (χ0n) is 16.4. The normalized spacial score (nSPS) is 12.9. The van der Waals surface area contributed by atoms with Crippen molar-refractivity contribution in [3.05, 3.63) is 71.7 Å². The van der Waals surface area contributed by atoms with E-state index in [1.54, 1.807) is 15.8 Å². The molecule has 0 saturated carbocycles. The molecule has 0 fully saturated rings. The molecule has 0 saturated heterocycles. The van der Waals surface area contributed by atoms with E-state index in [0.29, 0.717) is 23.6 Å². The van der Waals surface area contributed by atoms with E-state index in [0.717, 1.165) is 17.7 Å². The number of fused-ring (bicyclic) bond motifs is 1. The number of benzene rings is 1. The molecule has 0 atom stereocenters. The Morgan fingerprint density at radius 1 is 1.14 bits per heavy atom. The number of para-hydroxylation sites is 1. The highest BCUT2D eigenvalue weighted by atomic mass is 16.5. The van der Waals surface area contributed by atoms with Crippen LogP contribution >= 0.6 is 0 Å². The lowest BCUT2D eigenvalue weighted by molar-refractivity contribution is -0.121. The molecule has 0 radical (unpaired) electrons. The highest BCUT2D eigenvalue weighted by Crippen LogP contribution is 2.27. The van der Waals surface area contributed by atoms with Crippen LogP contribution in [0, 0.1) is 0 Å². The molecule has 0 bridgehead atoms. The molecule has 0 aliphatic carbocycles. The molecule has 4 rings (SSSR count). The lowest BCUT2D eigenvalue weighted by Gasteiger charge is -2.17. The van der Waals surface area contributed by atoms with E-state index in [1.807, 2.05) is 56.3 Å². The van der Waals surface area contributed by atoms with E-state index in [-0.39, 0.29) is 18.4 Å². The molecule has 3 aromatic rings. The van der Waals surface area contributed by atoms with E-state index in [1.165, 1.54) is 6.20 Å². The fraction of sp³-hybridized carbons (Fsp3) is 0.273. The van der Waals surface area contributed by atoms with Crippen molar-refractivity contribution in [3.63, 3.8) is 0 Å². The van der Waals surface area contributed by atoms with Crippen LogP contribution in [0.2, 0.25) is 0 Å². The van der Waals surface area contributed by atoms with Crippen molar-refractivity contribution in [1.82, 2.24) is 14.8 Å². The number of rotatable bonds is 5. The van der Waals surface area contributed by atoms with Crippen LogP contribution in [0.15, 0.2) is 54.9 Å². The van der Waals surface area contributed by atoms with E-state index in [9.17, 15) is 9.59 Å². The lowest BCUT2D eigenvalue weighted by Crippen LogP contribution is -2.33. The van der Waals surface area contributed by atoms with E-state index in [2.05, 4.69) is 10.1 Å². The van der Waals surface area contributed by atoms with Crippen LogP contribution < -0.4 is 4.90 Å². The van der Waals surface area contributed by atoms with Gasteiger partial charge in [0.05, 0.1) is 11.9 Å². The average Bonchev–Trinajstić information content (AvgIpc) is 3.37. The maximum atomic E-state index is 12.7. The number of hydrogen-bond acceptors (Lipinski definition) is 5. The van der Waals surface area contributed by atoms with Gasteiger partial charge in [-0.15, -0.1) is 0 Å². The summed E-state index contributed by atoms with van der Waals surface area (Å²) < 4.78 is 6.99. The van der Waals surface area contributed by atoms with Crippen molar-refractivity contribution >= 4 is 17.6 Å². The Kier molecular flexibility index (Phi) is 5.12. The van der Waals surface area contributed by atoms with Gasteiger partial charge < -0.3 is 9.64 Å². The first-order valence-electron chi connectivity index (χ1n) is 9.61. The minimum Gasteiger partial charge on any atom is -0.452 e. The van der Waals surface area contributed by atoms with Gasteiger partial charge in [0.25, 0.3) is 5.91 Å². The third-order valence-corrected chi connectivity index (χ3v) is 4.95. The standard InChI is InChI=1S/C22H22N4O3/c1-15(2)21-17(13-24-26(21)19-9-5-6-11-23-19)22(28)29-14-20(27)25-12-10-16-7-3-4-8-18(16)25/h3-9,11,13,15H,10,12,14H2,1-2H3. The van der Waals surface area contributed by atoms with Gasteiger partial charge in [-0.05, 0) is 36.1 Å². The molecule has 1 aliphatic rings. The van der Waals surface area contributed by atoms with Crippen LogP contribution in [0.4, 0.5) is 5.69 Å². The Morgan fingerprint density at radius 2 is 1.93 bits per heavy atom. The number of pyridine rings is 1. The van der Waals surface area contributed by atoms with Crippen LogP contribution in [0.25, 0.3) is 5.82 Å². The molecule has 7 heteroatoms. The maximum Gasteiger partial charge on any atom is 0.342 e. The SMILES string of the molecule is CC(C)c1c(C(=O)OCC(=O)N2CCc3ccccc32)cnn1-c1ccccn1.